The number of hydrogen-bond acceptors (Lipinski definition) is 8. The molecule has 3 aromatic carbocycles. The zero-order chi connectivity index (χ0) is 24.7. The van der Waals surface area contributed by atoms with E-state index in [0.29, 0.717) is 17.2 Å². The van der Waals surface area contributed by atoms with Gasteiger partial charge in [-0.15, -0.1) is 0 Å². The van der Waals surface area contributed by atoms with E-state index in [1.54, 1.807) is 60.7 Å². The summed E-state index contributed by atoms with van der Waals surface area (Å²) in [6.07, 6.45) is 0. The van der Waals surface area contributed by atoms with Gasteiger partial charge in [-0.2, -0.15) is 0 Å². The molecule has 34 heavy (non-hydrogen) atoms. The number of aryl methyl sites for hydroxylation is 1. The van der Waals surface area contributed by atoms with Crippen molar-refractivity contribution in [3.63, 3.8) is 0 Å². The van der Waals surface area contributed by atoms with Gasteiger partial charge in [0, 0.05) is 6.07 Å². The van der Waals surface area contributed by atoms with E-state index in [4.69, 9.17) is 9.47 Å². The minimum absolute atomic E-state index is 0.0132. The van der Waals surface area contributed by atoms with Crippen LogP contribution in [0.5, 0.6) is 0 Å². The van der Waals surface area contributed by atoms with Crippen molar-refractivity contribution in [1.82, 2.24) is 0 Å². The van der Waals surface area contributed by atoms with Crippen molar-refractivity contribution in [2.75, 3.05) is 0 Å². The summed E-state index contributed by atoms with van der Waals surface area (Å²) in [6.45, 7) is 0.987. The molecule has 0 fully saturated rings. The molecule has 0 radical (unpaired) electrons. The quantitative estimate of drug-likeness (QED) is 0.197. The van der Waals surface area contributed by atoms with Gasteiger partial charge in [-0.1, -0.05) is 60.7 Å². The third kappa shape index (κ3) is 5.80. The maximum Gasteiger partial charge on any atom is 0.325 e. The second kappa shape index (κ2) is 10.8. The van der Waals surface area contributed by atoms with Crippen LogP contribution in [0, 0.1) is 27.2 Å². The van der Waals surface area contributed by atoms with Crippen molar-refractivity contribution in [1.29, 1.82) is 0 Å². The number of hydrogen-bond donors (Lipinski definition) is 0. The highest BCUT2D eigenvalue weighted by molar-refractivity contribution is 6.02. The van der Waals surface area contributed by atoms with E-state index < -0.39 is 39.1 Å². The maximum absolute atomic E-state index is 13.0. The Morgan fingerprint density at radius 2 is 1.26 bits per heavy atom. The first kappa shape index (κ1) is 24.1. The van der Waals surface area contributed by atoms with Gasteiger partial charge in [0.2, 0.25) is 0 Å². The van der Waals surface area contributed by atoms with Crippen molar-refractivity contribution >= 4 is 23.3 Å². The normalized spacial score (nSPS) is 10.5. The first-order chi connectivity index (χ1) is 16.3. The number of nitro groups is 2. The number of benzene rings is 3. The molecular formula is C24H20N2O8. The number of ether oxygens (including phenoxy) is 2. The number of carbonyl (C=O) groups is 2. The molecule has 3 aromatic rings. The molecule has 0 saturated carbocycles. The summed E-state index contributed by atoms with van der Waals surface area (Å²) >= 11 is 0. The van der Waals surface area contributed by atoms with E-state index >= 15 is 0 Å². The van der Waals surface area contributed by atoms with E-state index in [1.807, 2.05) is 0 Å². The van der Waals surface area contributed by atoms with E-state index in [9.17, 15) is 29.8 Å². The highest BCUT2D eigenvalue weighted by atomic mass is 16.6. The maximum atomic E-state index is 13.0. The van der Waals surface area contributed by atoms with Gasteiger partial charge in [-0.05, 0) is 23.6 Å². The van der Waals surface area contributed by atoms with E-state index in [0.717, 1.165) is 6.07 Å². The van der Waals surface area contributed by atoms with Crippen molar-refractivity contribution < 1.29 is 28.9 Å². The topological polar surface area (TPSA) is 139 Å². The SMILES string of the molecule is Cc1cc([N+](=O)[O-])cc([N+](=O)[O-])c1C(C(=O)OCc1ccccc1)C(=O)OCc1ccccc1. The summed E-state index contributed by atoms with van der Waals surface area (Å²) in [5.41, 5.74) is -0.303. The molecule has 10 nitrogen and oxygen atoms in total. The molecule has 0 atom stereocenters. The van der Waals surface area contributed by atoms with E-state index in [2.05, 4.69) is 0 Å². The Kier molecular flexibility index (Phi) is 7.65. The van der Waals surface area contributed by atoms with Crippen LogP contribution in [0.15, 0.2) is 72.8 Å². The lowest BCUT2D eigenvalue weighted by molar-refractivity contribution is -0.394. The lowest BCUT2D eigenvalue weighted by Crippen LogP contribution is -2.27. The van der Waals surface area contributed by atoms with Crippen LogP contribution >= 0.6 is 0 Å². The fourth-order valence-electron chi connectivity index (χ4n) is 3.35. The molecule has 0 N–H and O–H groups in total. The van der Waals surface area contributed by atoms with Crippen LogP contribution in [-0.4, -0.2) is 21.8 Å². The van der Waals surface area contributed by atoms with Crippen LogP contribution in [0.1, 0.15) is 28.2 Å². The Hall–Kier alpha value is -4.60. The van der Waals surface area contributed by atoms with Crippen LogP contribution < -0.4 is 0 Å². The van der Waals surface area contributed by atoms with Gasteiger partial charge in [0.1, 0.15) is 13.2 Å². The summed E-state index contributed by atoms with van der Waals surface area (Å²) in [5, 5.41) is 22.9. The smallest absolute Gasteiger partial charge is 0.325 e. The zero-order valence-corrected chi connectivity index (χ0v) is 18.1. The van der Waals surface area contributed by atoms with Gasteiger partial charge in [0.25, 0.3) is 11.4 Å². The largest absolute Gasteiger partial charge is 0.460 e. The fraction of sp³-hybridized carbons (Fsp3) is 0.167. The molecule has 10 heteroatoms. The Bertz CT molecular complexity index is 1160. The Morgan fingerprint density at radius 3 is 1.68 bits per heavy atom. The first-order valence-corrected chi connectivity index (χ1v) is 10.1. The number of nitro benzene ring substituents is 2. The van der Waals surface area contributed by atoms with Crippen molar-refractivity contribution in [2.45, 2.75) is 26.1 Å². The summed E-state index contributed by atoms with van der Waals surface area (Å²) < 4.78 is 10.6. The molecule has 0 bridgehead atoms. The summed E-state index contributed by atoms with van der Waals surface area (Å²) in [4.78, 5) is 47.3. The predicted octanol–water partition coefficient (Wildman–Crippen LogP) is 4.38. The highest BCUT2D eigenvalue weighted by Crippen LogP contribution is 2.35. The van der Waals surface area contributed by atoms with Crippen LogP contribution in [0.3, 0.4) is 0 Å². The molecule has 0 aliphatic carbocycles. The molecular weight excluding hydrogens is 444 g/mol. The Labute approximate surface area is 194 Å². The third-order valence-corrected chi connectivity index (χ3v) is 4.97. The van der Waals surface area contributed by atoms with Crippen LogP contribution in [-0.2, 0) is 32.3 Å². The fourth-order valence-corrected chi connectivity index (χ4v) is 3.35. The second-order valence-corrected chi connectivity index (χ2v) is 7.33. The molecule has 0 aliphatic rings. The van der Waals surface area contributed by atoms with Crippen LogP contribution in [0.25, 0.3) is 0 Å². The summed E-state index contributed by atoms with van der Waals surface area (Å²) in [5.74, 6) is -3.95. The highest BCUT2D eigenvalue weighted by Gasteiger charge is 2.39. The monoisotopic (exact) mass is 464 g/mol. The second-order valence-electron chi connectivity index (χ2n) is 7.33. The standard InChI is InChI=1S/C24H20N2O8/c1-16-12-19(25(29)30)13-20(26(31)32)21(16)22(23(27)33-14-17-8-4-2-5-9-17)24(28)34-15-18-10-6-3-7-11-18/h2-13,22H,14-15H2,1H3. The average molecular weight is 464 g/mol. The minimum atomic E-state index is -1.81. The molecule has 0 spiro atoms. The van der Waals surface area contributed by atoms with Crippen molar-refractivity contribution in [3.8, 4) is 0 Å². The van der Waals surface area contributed by atoms with Gasteiger partial charge in [-0.25, -0.2) is 0 Å². The lowest BCUT2D eigenvalue weighted by Gasteiger charge is -2.18. The number of rotatable bonds is 9. The molecule has 0 aliphatic heterocycles. The molecule has 0 amide bonds. The molecule has 0 unspecified atom stereocenters. The van der Waals surface area contributed by atoms with Gasteiger partial charge in [-0.3, -0.25) is 29.8 Å². The Morgan fingerprint density at radius 1 is 0.794 bits per heavy atom. The number of nitrogens with zero attached hydrogens (tertiary/aromatic N) is 2. The number of carbonyl (C=O) groups excluding carboxylic acids is 2. The van der Waals surface area contributed by atoms with Crippen molar-refractivity contribution in [2.24, 2.45) is 0 Å². The zero-order valence-electron chi connectivity index (χ0n) is 18.1. The van der Waals surface area contributed by atoms with Gasteiger partial charge in [0.05, 0.1) is 21.5 Å². The summed E-state index contributed by atoms with van der Waals surface area (Å²) in [7, 11) is 0. The molecule has 0 saturated heterocycles. The number of esters is 2. The molecule has 0 heterocycles. The average Bonchev–Trinajstić information content (AvgIpc) is 2.83. The van der Waals surface area contributed by atoms with Crippen molar-refractivity contribution in [3.05, 3.63) is 115 Å². The molecule has 174 valence electrons. The van der Waals surface area contributed by atoms with Gasteiger partial charge in [0.15, 0.2) is 5.92 Å². The van der Waals surface area contributed by atoms with E-state index in [1.165, 1.54) is 6.92 Å². The molecule has 0 aromatic heterocycles. The first-order valence-electron chi connectivity index (χ1n) is 10.1. The van der Waals surface area contributed by atoms with Crippen LogP contribution in [0.4, 0.5) is 11.4 Å². The third-order valence-electron chi connectivity index (χ3n) is 4.97. The lowest BCUT2D eigenvalue weighted by atomic mass is 9.92. The van der Waals surface area contributed by atoms with Gasteiger partial charge >= 0.3 is 11.9 Å². The predicted molar refractivity (Wildman–Crippen MR) is 120 cm³/mol. The minimum Gasteiger partial charge on any atom is -0.460 e. The summed E-state index contributed by atoms with van der Waals surface area (Å²) in [6, 6.07) is 19.1. The van der Waals surface area contributed by atoms with E-state index in [-0.39, 0.29) is 24.3 Å². The molecule has 3 rings (SSSR count). The Balaban J connectivity index is 1.98. The van der Waals surface area contributed by atoms with Crippen LogP contribution in [0.2, 0.25) is 0 Å². The van der Waals surface area contributed by atoms with Gasteiger partial charge < -0.3 is 9.47 Å². The number of non-ortho nitro benzene ring substituents is 1.